The number of nitrogens with one attached hydrogen (secondary N) is 1. The van der Waals surface area contributed by atoms with Crippen molar-refractivity contribution in [1.29, 1.82) is 0 Å². The van der Waals surface area contributed by atoms with E-state index in [1.165, 1.54) is 7.11 Å². The van der Waals surface area contributed by atoms with Crippen LogP contribution in [-0.2, 0) is 4.74 Å². The van der Waals surface area contributed by atoms with Crippen LogP contribution in [0.15, 0.2) is 18.2 Å². The summed E-state index contributed by atoms with van der Waals surface area (Å²) in [5.74, 6) is -0.283. The van der Waals surface area contributed by atoms with Gasteiger partial charge in [-0.15, -0.1) is 0 Å². The first-order valence-electron chi connectivity index (χ1n) is 7.32. The largest absolute Gasteiger partial charge is 0.465 e. The maximum atomic E-state index is 11.6. The molecule has 4 nitrogen and oxygen atoms in total. The van der Waals surface area contributed by atoms with Crippen molar-refractivity contribution in [1.82, 2.24) is 4.90 Å². The zero-order chi connectivity index (χ0) is 14.5. The first-order valence-corrected chi connectivity index (χ1v) is 7.32. The van der Waals surface area contributed by atoms with E-state index in [9.17, 15) is 4.79 Å². The predicted molar refractivity (Wildman–Crippen MR) is 81.3 cm³/mol. The number of anilines is 1. The number of aryl methyl sites for hydroxylation is 1. The number of likely N-dealkylation sites (tertiary alicyclic amines) is 1. The molecule has 4 heteroatoms. The second-order valence-electron chi connectivity index (χ2n) is 5.37. The molecular formula is C16H24N2O2. The van der Waals surface area contributed by atoms with Gasteiger partial charge in [-0.2, -0.15) is 0 Å². The summed E-state index contributed by atoms with van der Waals surface area (Å²) in [6.07, 6.45) is 2.30. The number of rotatable bonds is 4. The van der Waals surface area contributed by atoms with E-state index in [2.05, 4.69) is 24.1 Å². The van der Waals surface area contributed by atoms with Crippen LogP contribution in [0.3, 0.4) is 0 Å². The Kier molecular flexibility index (Phi) is 5.01. The zero-order valence-corrected chi connectivity index (χ0v) is 12.6. The van der Waals surface area contributed by atoms with Crippen LogP contribution in [0.1, 0.15) is 35.7 Å². The molecular weight excluding hydrogens is 252 g/mol. The van der Waals surface area contributed by atoms with Crippen LogP contribution < -0.4 is 5.32 Å². The third-order valence-electron chi connectivity index (χ3n) is 4.05. The van der Waals surface area contributed by atoms with Crippen molar-refractivity contribution < 1.29 is 9.53 Å². The highest BCUT2D eigenvalue weighted by atomic mass is 16.5. The summed E-state index contributed by atoms with van der Waals surface area (Å²) in [7, 11) is 1.41. The normalized spacial score (nSPS) is 16.9. The monoisotopic (exact) mass is 276 g/mol. The van der Waals surface area contributed by atoms with E-state index in [-0.39, 0.29) is 5.97 Å². The molecule has 110 valence electrons. The molecule has 0 spiro atoms. The molecule has 0 atom stereocenters. The summed E-state index contributed by atoms with van der Waals surface area (Å²) in [6, 6.07) is 6.17. The van der Waals surface area contributed by atoms with Crippen LogP contribution >= 0.6 is 0 Å². The predicted octanol–water partition coefficient (Wildman–Crippen LogP) is 2.68. The zero-order valence-electron chi connectivity index (χ0n) is 12.6. The lowest BCUT2D eigenvalue weighted by atomic mass is 10.0. The van der Waals surface area contributed by atoms with Crippen LogP contribution in [0.2, 0.25) is 0 Å². The minimum Gasteiger partial charge on any atom is -0.465 e. The molecule has 1 aliphatic rings. The average molecular weight is 276 g/mol. The van der Waals surface area contributed by atoms with Gasteiger partial charge in [-0.05, 0) is 44.0 Å². The molecule has 0 saturated carbocycles. The van der Waals surface area contributed by atoms with Gasteiger partial charge in [0.05, 0.1) is 12.7 Å². The SMILES string of the molecule is CCN1CCC(Nc2cc(C(=O)OC)ccc2C)CC1. The highest BCUT2D eigenvalue weighted by molar-refractivity contribution is 5.90. The fourth-order valence-corrected chi connectivity index (χ4v) is 2.64. The third kappa shape index (κ3) is 3.51. The molecule has 0 unspecified atom stereocenters. The van der Waals surface area contributed by atoms with Gasteiger partial charge in [0.1, 0.15) is 0 Å². The summed E-state index contributed by atoms with van der Waals surface area (Å²) in [5, 5.41) is 3.58. The maximum Gasteiger partial charge on any atom is 0.337 e. The molecule has 1 aromatic rings. The van der Waals surface area contributed by atoms with E-state index in [1.807, 2.05) is 18.2 Å². The first-order chi connectivity index (χ1) is 9.63. The molecule has 0 bridgehead atoms. The van der Waals surface area contributed by atoms with Gasteiger partial charge >= 0.3 is 5.97 Å². The molecule has 1 N–H and O–H groups in total. The lowest BCUT2D eigenvalue weighted by Crippen LogP contribution is -2.38. The van der Waals surface area contributed by atoms with Crippen LogP contribution in [0, 0.1) is 6.92 Å². The molecule has 1 saturated heterocycles. The molecule has 2 rings (SSSR count). The number of nitrogens with zero attached hydrogens (tertiary/aromatic N) is 1. The van der Waals surface area contributed by atoms with Crippen LogP contribution in [0.25, 0.3) is 0 Å². The topological polar surface area (TPSA) is 41.6 Å². The van der Waals surface area contributed by atoms with Crippen molar-refractivity contribution in [2.24, 2.45) is 0 Å². The Balaban J connectivity index is 2.03. The van der Waals surface area contributed by atoms with E-state index < -0.39 is 0 Å². The van der Waals surface area contributed by atoms with E-state index in [1.54, 1.807) is 0 Å². The second-order valence-corrected chi connectivity index (χ2v) is 5.37. The fraction of sp³-hybridized carbons (Fsp3) is 0.562. The summed E-state index contributed by atoms with van der Waals surface area (Å²) in [5.41, 5.74) is 2.81. The highest BCUT2D eigenvalue weighted by Crippen LogP contribution is 2.21. The summed E-state index contributed by atoms with van der Waals surface area (Å²) < 4.78 is 4.78. The first kappa shape index (κ1) is 14.9. The summed E-state index contributed by atoms with van der Waals surface area (Å²) >= 11 is 0. The van der Waals surface area contributed by atoms with E-state index in [0.717, 1.165) is 43.7 Å². The van der Waals surface area contributed by atoms with E-state index in [4.69, 9.17) is 4.74 Å². The van der Waals surface area contributed by atoms with Gasteiger partial charge in [-0.25, -0.2) is 4.79 Å². The van der Waals surface area contributed by atoms with Crippen molar-refractivity contribution in [3.05, 3.63) is 29.3 Å². The van der Waals surface area contributed by atoms with Gasteiger partial charge in [0.15, 0.2) is 0 Å². The Morgan fingerprint density at radius 1 is 1.40 bits per heavy atom. The Bertz CT molecular complexity index is 466. The molecule has 1 heterocycles. The van der Waals surface area contributed by atoms with Gasteiger partial charge in [-0.1, -0.05) is 13.0 Å². The van der Waals surface area contributed by atoms with Gasteiger partial charge in [0, 0.05) is 24.8 Å². The van der Waals surface area contributed by atoms with E-state index in [0.29, 0.717) is 11.6 Å². The number of carbonyl (C=O) groups is 1. The number of benzene rings is 1. The number of hydrogen-bond donors (Lipinski definition) is 1. The third-order valence-corrected chi connectivity index (χ3v) is 4.05. The van der Waals surface area contributed by atoms with Gasteiger partial charge in [0.2, 0.25) is 0 Å². The lowest BCUT2D eigenvalue weighted by Gasteiger charge is -2.32. The van der Waals surface area contributed by atoms with Crippen LogP contribution in [0.4, 0.5) is 5.69 Å². The number of piperidine rings is 1. The number of esters is 1. The van der Waals surface area contributed by atoms with Crippen LogP contribution in [-0.4, -0.2) is 43.7 Å². The van der Waals surface area contributed by atoms with Crippen LogP contribution in [0.5, 0.6) is 0 Å². The molecule has 20 heavy (non-hydrogen) atoms. The van der Waals surface area contributed by atoms with Crippen molar-refractivity contribution in [3.8, 4) is 0 Å². The molecule has 1 aromatic carbocycles. The Morgan fingerprint density at radius 3 is 2.70 bits per heavy atom. The molecule has 1 fully saturated rings. The Morgan fingerprint density at radius 2 is 2.10 bits per heavy atom. The van der Waals surface area contributed by atoms with Crippen molar-refractivity contribution in [2.75, 3.05) is 32.1 Å². The summed E-state index contributed by atoms with van der Waals surface area (Å²) in [6.45, 7) is 7.68. The quantitative estimate of drug-likeness (QED) is 0.859. The van der Waals surface area contributed by atoms with Gasteiger partial charge in [-0.3, -0.25) is 0 Å². The molecule has 0 amide bonds. The minimum absolute atomic E-state index is 0.283. The second kappa shape index (κ2) is 6.75. The molecule has 0 aliphatic carbocycles. The molecule has 0 aromatic heterocycles. The molecule has 0 radical (unpaired) electrons. The van der Waals surface area contributed by atoms with Crippen molar-refractivity contribution in [3.63, 3.8) is 0 Å². The molecule has 1 aliphatic heterocycles. The van der Waals surface area contributed by atoms with Gasteiger partial charge < -0.3 is 15.0 Å². The summed E-state index contributed by atoms with van der Waals surface area (Å²) in [4.78, 5) is 14.1. The average Bonchev–Trinajstić information content (AvgIpc) is 2.49. The fourth-order valence-electron chi connectivity index (χ4n) is 2.64. The number of hydrogen-bond acceptors (Lipinski definition) is 4. The van der Waals surface area contributed by atoms with Crippen molar-refractivity contribution in [2.45, 2.75) is 32.7 Å². The number of ether oxygens (including phenoxy) is 1. The van der Waals surface area contributed by atoms with Crippen molar-refractivity contribution >= 4 is 11.7 Å². The minimum atomic E-state index is -0.283. The lowest BCUT2D eigenvalue weighted by molar-refractivity contribution is 0.0601. The standard InChI is InChI=1S/C16H24N2O2/c1-4-18-9-7-14(8-10-18)17-15-11-13(16(19)20-3)6-5-12(15)2/h5-6,11,14,17H,4,7-10H2,1-3H3. The van der Waals surface area contributed by atoms with E-state index >= 15 is 0 Å². The Hall–Kier alpha value is -1.55. The highest BCUT2D eigenvalue weighted by Gasteiger charge is 2.18. The Labute approximate surface area is 121 Å². The maximum absolute atomic E-state index is 11.6. The van der Waals surface area contributed by atoms with Gasteiger partial charge in [0.25, 0.3) is 0 Å². The number of methoxy groups -OCH3 is 1. The number of carbonyl (C=O) groups excluding carboxylic acids is 1. The smallest absolute Gasteiger partial charge is 0.337 e.